The minimum Gasteiger partial charge on any atom is -0.504 e. The lowest BCUT2D eigenvalue weighted by molar-refractivity contribution is 0.373. The number of methoxy groups -OCH3 is 1. The molecule has 0 saturated carbocycles. The largest absolute Gasteiger partial charge is 0.504 e. The number of phenolic OH excluding ortho intramolecular Hbond substituents is 1. The summed E-state index contributed by atoms with van der Waals surface area (Å²) in [5, 5.41) is 13.3. The Bertz CT molecular complexity index is 900. The van der Waals surface area contributed by atoms with Crippen LogP contribution in [0.15, 0.2) is 48.9 Å². The molecule has 0 amide bonds. The Balaban J connectivity index is 1.93. The van der Waals surface area contributed by atoms with Gasteiger partial charge in [-0.1, -0.05) is 19.4 Å². The van der Waals surface area contributed by atoms with Crippen LogP contribution in [0.1, 0.15) is 36.9 Å². The lowest BCUT2D eigenvalue weighted by Crippen LogP contribution is -2.13. The number of aromatic hydroxyl groups is 1. The Morgan fingerprint density at radius 1 is 1.22 bits per heavy atom. The monoisotopic (exact) mass is 364 g/mol. The van der Waals surface area contributed by atoms with Gasteiger partial charge in [-0.3, -0.25) is 4.98 Å². The zero-order chi connectivity index (χ0) is 19.2. The second kappa shape index (κ2) is 8.49. The van der Waals surface area contributed by atoms with Crippen molar-refractivity contribution in [3.63, 3.8) is 0 Å². The van der Waals surface area contributed by atoms with Gasteiger partial charge in [0.05, 0.1) is 13.2 Å². The number of anilines is 1. The molecule has 0 spiro atoms. The second-order valence-electron chi connectivity index (χ2n) is 6.38. The average molecular weight is 364 g/mol. The van der Waals surface area contributed by atoms with Gasteiger partial charge >= 0.3 is 0 Å². The molecule has 1 atom stereocenters. The molecule has 0 fully saturated rings. The zero-order valence-corrected chi connectivity index (χ0v) is 15.8. The maximum absolute atomic E-state index is 9.80. The van der Waals surface area contributed by atoms with Gasteiger partial charge in [0.2, 0.25) is 0 Å². The molecular weight excluding hydrogens is 340 g/mol. The molecule has 2 heterocycles. The maximum atomic E-state index is 9.80. The van der Waals surface area contributed by atoms with E-state index in [9.17, 15) is 5.11 Å². The summed E-state index contributed by atoms with van der Waals surface area (Å²) in [6.07, 6.45) is 7.47. The van der Waals surface area contributed by atoms with Crippen molar-refractivity contribution in [2.75, 3.05) is 12.4 Å². The number of aryl methyl sites for hydroxylation is 1. The predicted molar refractivity (Wildman–Crippen MR) is 106 cm³/mol. The summed E-state index contributed by atoms with van der Waals surface area (Å²) in [7, 11) is 1.52. The Morgan fingerprint density at radius 3 is 2.78 bits per heavy atom. The quantitative estimate of drug-likeness (QED) is 0.642. The highest BCUT2D eigenvalue weighted by Crippen LogP contribution is 2.31. The number of hydrogen-bond donors (Lipinski definition) is 2. The average Bonchev–Trinajstić information content (AvgIpc) is 2.70. The molecule has 6 heteroatoms. The third kappa shape index (κ3) is 4.34. The lowest BCUT2D eigenvalue weighted by Gasteiger charge is -2.20. The number of nitrogens with zero attached hydrogens (tertiary/aromatic N) is 3. The highest BCUT2D eigenvalue weighted by atomic mass is 16.5. The van der Waals surface area contributed by atoms with E-state index in [4.69, 9.17) is 9.72 Å². The molecule has 0 bridgehead atoms. The van der Waals surface area contributed by atoms with Crippen molar-refractivity contribution in [3.05, 3.63) is 60.0 Å². The number of aromatic nitrogens is 3. The fraction of sp³-hybridized carbons (Fsp3) is 0.286. The number of phenols is 1. The number of benzene rings is 1. The van der Waals surface area contributed by atoms with E-state index in [0.717, 1.165) is 35.3 Å². The van der Waals surface area contributed by atoms with Crippen molar-refractivity contribution in [2.45, 2.75) is 32.7 Å². The van der Waals surface area contributed by atoms with Crippen LogP contribution in [0, 0.1) is 6.92 Å². The number of nitrogens with one attached hydrogen (secondary N) is 1. The molecule has 0 saturated heterocycles. The van der Waals surface area contributed by atoms with Gasteiger partial charge in [-0.15, -0.1) is 0 Å². The summed E-state index contributed by atoms with van der Waals surface area (Å²) in [5.74, 6) is 1.84. The molecule has 140 valence electrons. The van der Waals surface area contributed by atoms with E-state index in [-0.39, 0.29) is 11.8 Å². The first-order valence-electron chi connectivity index (χ1n) is 8.99. The van der Waals surface area contributed by atoms with Gasteiger partial charge in [0.1, 0.15) is 5.82 Å². The molecule has 1 aromatic carbocycles. The molecule has 0 aliphatic heterocycles. The van der Waals surface area contributed by atoms with Crippen LogP contribution in [-0.2, 0) is 0 Å². The summed E-state index contributed by atoms with van der Waals surface area (Å²) in [6, 6.07) is 9.23. The van der Waals surface area contributed by atoms with Gasteiger partial charge in [0.15, 0.2) is 17.3 Å². The molecule has 0 aliphatic carbocycles. The fourth-order valence-corrected chi connectivity index (χ4v) is 2.90. The van der Waals surface area contributed by atoms with Crippen molar-refractivity contribution in [1.29, 1.82) is 0 Å². The van der Waals surface area contributed by atoms with Gasteiger partial charge in [-0.05, 0) is 43.2 Å². The lowest BCUT2D eigenvalue weighted by atomic mass is 10.0. The topological polar surface area (TPSA) is 80.2 Å². The first-order valence-corrected chi connectivity index (χ1v) is 8.99. The number of pyridine rings is 1. The molecule has 2 N–H and O–H groups in total. The van der Waals surface area contributed by atoms with Crippen LogP contribution < -0.4 is 10.1 Å². The summed E-state index contributed by atoms with van der Waals surface area (Å²) >= 11 is 0. The molecule has 0 radical (unpaired) electrons. The maximum Gasteiger partial charge on any atom is 0.161 e. The van der Waals surface area contributed by atoms with E-state index in [1.165, 1.54) is 7.11 Å². The van der Waals surface area contributed by atoms with Crippen LogP contribution in [-0.4, -0.2) is 27.2 Å². The predicted octanol–water partition coefficient (Wildman–Crippen LogP) is 4.51. The van der Waals surface area contributed by atoms with Crippen molar-refractivity contribution in [2.24, 2.45) is 0 Å². The SMILES string of the molecule is CCC[C@H](Nc1nc(-c2ccc(O)c(OC)c2)ncc1C)c1cccnc1. The molecular formula is C21H24N4O2. The van der Waals surface area contributed by atoms with Crippen LogP contribution in [0.2, 0.25) is 0 Å². The number of rotatable bonds is 7. The minimum atomic E-state index is 0.0892. The first-order chi connectivity index (χ1) is 13.1. The Hall–Kier alpha value is -3.15. The van der Waals surface area contributed by atoms with Crippen molar-refractivity contribution >= 4 is 5.82 Å². The number of ether oxygens (including phenoxy) is 1. The third-order valence-electron chi connectivity index (χ3n) is 4.38. The van der Waals surface area contributed by atoms with Gasteiger partial charge in [-0.25, -0.2) is 9.97 Å². The van der Waals surface area contributed by atoms with E-state index >= 15 is 0 Å². The molecule has 3 rings (SSSR count). The smallest absolute Gasteiger partial charge is 0.161 e. The molecule has 6 nitrogen and oxygen atoms in total. The summed E-state index contributed by atoms with van der Waals surface area (Å²) in [5.41, 5.74) is 2.88. The van der Waals surface area contributed by atoms with Crippen LogP contribution in [0.4, 0.5) is 5.82 Å². The van der Waals surface area contributed by atoms with E-state index in [2.05, 4.69) is 28.3 Å². The summed E-state index contributed by atoms with van der Waals surface area (Å²) in [6.45, 7) is 4.14. The van der Waals surface area contributed by atoms with Crippen LogP contribution in [0.25, 0.3) is 11.4 Å². The highest BCUT2D eigenvalue weighted by molar-refractivity contribution is 5.63. The Kier molecular flexibility index (Phi) is 5.86. The normalized spacial score (nSPS) is 11.8. The van der Waals surface area contributed by atoms with Crippen molar-refractivity contribution in [1.82, 2.24) is 15.0 Å². The summed E-state index contributed by atoms with van der Waals surface area (Å²) in [4.78, 5) is 13.4. The van der Waals surface area contributed by atoms with E-state index < -0.39 is 0 Å². The van der Waals surface area contributed by atoms with Gasteiger partial charge in [0.25, 0.3) is 0 Å². The fourth-order valence-electron chi connectivity index (χ4n) is 2.90. The van der Waals surface area contributed by atoms with Crippen molar-refractivity contribution < 1.29 is 9.84 Å². The molecule has 0 aliphatic rings. The van der Waals surface area contributed by atoms with Crippen LogP contribution in [0.5, 0.6) is 11.5 Å². The molecule has 3 aromatic rings. The Morgan fingerprint density at radius 2 is 2.07 bits per heavy atom. The van der Waals surface area contributed by atoms with Crippen LogP contribution >= 0.6 is 0 Å². The summed E-state index contributed by atoms with van der Waals surface area (Å²) < 4.78 is 5.19. The van der Waals surface area contributed by atoms with Crippen molar-refractivity contribution in [3.8, 4) is 22.9 Å². The molecule has 27 heavy (non-hydrogen) atoms. The second-order valence-corrected chi connectivity index (χ2v) is 6.38. The zero-order valence-electron chi connectivity index (χ0n) is 15.8. The highest BCUT2D eigenvalue weighted by Gasteiger charge is 2.15. The Labute approximate surface area is 159 Å². The third-order valence-corrected chi connectivity index (χ3v) is 4.38. The molecule has 2 aromatic heterocycles. The minimum absolute atomic E-state index is 0.0892. The standard InChI is InChI=1S/C21H24N4O2/c1-4-6-17(16-7-5-10-22-13-16)24-20-14(2)12-23-21(25-20)15-8-9-18(26)19(11-15)27-3/h5,7-13,17,26H,4,6H2,1-3H3,(H,23,24,25)/t17-/m0/s1. The van der Waals surface area contributed by atoms with Gasteiger partial charge < -0.3 is 15.2 Å². The van der Waals surface area contributed by atoms with E-state index in [0.29, 0.717) is 11.6 Å². The molecule has 0 unspecified atom stereocenters. The van der Waals surface area contributed by atoms with Crippen LogP contribution in [0.3, 0.4) is 0 Å². The van der Waals surface area contributed by atoms with Gasteiger partial charge in [0, 0.05) is 29.7 Å². The van der Waals surface area contributed by atoms with E-state index in [1.54, 1.807) is 30.6 Å². The number of hydrogen-bond acceptors (Lipinski definition) is 6. The van der Waals surface area contributed by atoms with Gasteiger partial charge in [-0.2, -0.15) is 0 Å². The first kappa shape index (κ1) is 18.6. The van der Waals surface area contributed by atoms with E-state index in [1.807, 2.05) is 19.2 Å².